The lowest BCUT2D eigenvalue weighted by Crippen LogP contribution is -2.51. The normalized spacial score (nSPS) is 38.7. The van der Waals surface area contributed by atoms with Crippen molar-refractivity contribution < 1.29 is 29.4 Å². The van der Waals surface area contributed by atoms with E-state index >= 15 is 0 Å². The van der Waals surface area contributed by atoms with Crippen molar-refractivity contribution in [3.05, 3.63) is 11.6 Å². The number of aliphatic carboxylic acids is 1. The number of carbonyl (C=O) groups is 3. The molecule has 0 aromatic heterocycles. The quantitative estimate of drug-likeness (QED) is 0.487. The summed E-state index contributed by atoms with van der Waals surface area (Å²) in [6.45, 7) is 5.48. The van der Waals surface area contributed by atoms with Crippen LogP contribution < -0.4 is 5.32 Å². The minimum atomic E-state index is -1.35. The maximum Gasteiger partial charge on any atom is 0.328 e. The van der Waals surface area contributed by atoms with Gasteiger partial charge >= 0.3 is 5.97 Å². The molecule has 0 unspecified atom stereocenters. The summed E-state index contributed by atoms with van der Waals surface area (Å²) in [5.74, 6) is 0.619. The summed E-state index contributed by atoms with van der Waals surface area (Å²) >= 11 is 0. The lowest BCUT2D eigenvalue weighted by atomic mass is 9.46. The van der Waals surface area contributed by atoms with Crippen LogP contribution in [0.2, 0.25) is 0 Å². The zero-order chi connectivity index (χ0) is 24.7. The van der Waals surface area contributed by atoms with Crippen LogP contribution in [-0.4, -0.2) is 52.8 Å². The highest BCUT2D eigenvalue weighted by molar-refractivity contribution is 5.96. The number of carboxylic acid groups (broad SMARTS) is 1. The Morgan fingerprint density at radius 3 is 2.59 bits per heavy atom. The number of amides is 1. The summed E-state index contributed by atoms with van der Waals surface area (Å²) in [7, 11) is 0. The number of fused-ring (bicyclic) bond motifs is 5. The summed E-state index contributed by atoms with van der Waals surface area (Å²) in [5, 5.41) is 24.3. The molecular formula is C26H38N2O6. The van der Waals surface area contributed by atoms with E-state index in [-0.39, 0.29) is 16.7 Å². The molecule has 8 nitrogen and oxygen atoms in total. The summed E-state index contributed by atoms with van der Waals surface area (Å²) in [4.78, 5) is 40.3. The molecule has 0 heterocycles. The molecule has 3 fully saturated rings. The fraction of sp³-hybridized carbons (Fsp3) is 0.769. The van der Waals surface area contributed by atoms with Gasteiger partial charge in [0.15, 0.2) is 6.61 Å². The van der Waals surface area contributed by atoms with E-state index in [1.165, 1.54) is 18.4 Å². The molecule has 188 valence electrons. The average Bonchev–Trinajstić information content (AvgIpc) is 3.15. The van der Waals surface area contributed by atoms with Crippen LogP contribution >= 0.6 is 0 Å². The van der Waals surface area contributed by atoms with Gasteiger partial charge in [0, 0.05) is 5.92 Å². The van der Waals surface area contributed by atoms with Gasteiger partial charge in [0.1, 0.15) is 11.8 Å². The van der Waals surface area contributed by atoms with Gasteiger partial charge < -0.3 is 20.4 Å². The first-order valence-electron chi connectivity index (χ1n) is 12.6. The molecule has 0 spiro atoms. The summed E-state index contributed by atoms with van der Waals surface area (Å²) in [6.07, 6.45) is 10.6. The molecule has 0 bridgehead atoms. The Morgan fingerprint density at radius 1 is 1.15 bits per heavy atom. The molecular weight excluding hydrogens is 436 g/mol. The highest BCUT2D eigenvalue weighted by Gasteiger charge is 2.59. The van der Waals surface area contributed by atoms with E-state index in [9.17, 15) is 14.4 Å². The van der Waals surface area contributed by atoms with Gasteiger partial charge in [-0.05, 0) is 93.0 Å². The van der Waals surface area contributed by atoms with E-state index in [4.69, 9.17) is 15.1 Å². The van der Waals surface area contributed by atoms with Gasteiger partial charge in [0.05, 0.1) is 12.3 Å². The standard InChI is InChI=1S/C26H38N2O6/c1-15(30)19-6-7-20-18-5-4-16-12-17(28-34-14-23(31)27-22(13-29)24(32)33)8-10-25(16,2)21(18)9-11-26(19,20)3/h12,18-22,29H,4-11,13-14H2,1-3H3,(H,27,31)(H,32,33)/b28-17-/t18-,19+,20-,21-,22-,25-,26+/m0/s1. The molecule has 0 aromatic carbocycles. The van der Waals surface area contributed by atoms with Crippen LogP contribution in [0.15, 0.2) is 16.8 Å². The van der Waals surface area contributed by atoms with Crippen LogP contribution in [0.5, 0.6) is 0 Å². The molecule has 34 heavy (non-hydrogen) atoms. The lowest BCUT2D eigenvalue weighted by molar-refractivity contribution is -0.143. The van der Waals surface area contributed by atoms with Crippen molar-refractivity contribution in [2.75, 3.05) is 13.2 Å². The molecule has 8 heteroatoms. The minimum absolute atomic E-state index is 0.144. The summed E-state index contributed by atoms with van der Waals surface area (Å²) in [5.41, 5.74) is 2.54. The number of nitrogens with zero attached hydrogens (tertiary/aromatic N) is 1. The van der Waals surface area contributed by atoms with Gasteiger partial charge in [-0.25, -0.2) is 4.79 Å². The van der Waals surface area contributed by atoms with E-state index in [2.05, 4.69) is 30.4 Å². The van der Waals surface area contributed by atoms with Gasteiger partial charge in [0.25, 0.3) is 5.91 Å². The summed E-state index contributed by atoms with van der Waals surface area (Å²) < 4.78 is 0. The molecule has 4 aliphatic rings. The Balaban J connectivity index is 1.41. The molecule has 4 rings (SSSR count). The topological polar surface area (TPSA) is 125 Å². The smallest absolute Gasteiger partial charge is 0.328 e. The second-order valence-electron chi connectivity index (χ2n) is 11.3. The highest BCUT2D eigenvalue weighted by Crippen LogP contribution is 2.66. The van der Waals surface area contributed by atoms with Gasteiger partial charge in [-0.2, -0.15) is 0 Å². The molecule has 0 aliphatic heterocycles. The van der Waals surface area contributed by atoms with Gasteiger partial charge in [-0.3, -0.25) is 9.59 Å². The number of ketones is 1. The molecule has 3 saturated carbocycles. The predicted octanol–water partition coefficient (Wildman–Crippen LogP) is 3.09. The number of aliphatic hydroxyl groups excluding tert-OH is 1. The van der Waals surface area contributed by atoms with Crippen LogP contribution in [0.4, 0.5) is 0 Å². The second kappa shape index (κ2) is 9.44. The van der Waals surface area contributed by atoms with Crippen LogP contribution in [0.25, 0.3) is 0 Å². The Bertz CT molecular complexity index is 913. The van der Waals surface area contributed by atoms with Crippen molar-refractivity contribution in [3.8, 4) is 0 Å². The Hall–Kier alpha value is -2.22. The number of nitrogens with one attached hydrogen (secondary N) is 1. The zero-order valence-corrected chi connectivity index (χ0v) is 20.5. The Kier molecular flexibility index (Phi) is 6.91. The zero-order valence-electron chi connectivity index (χ0n) is 20.5. The van der Waals surface area contributed by atoms with Crippen LogP contribution in [0, 0.1) is 34.5 Å². The predicted molar refractivity (Wildman–Crippen MR) is 126 cm³/mol. The average molecular weight is 475 g/mol. The van der Waals surface area contributed by atoms with E-state index < -0.39 is 31.1 Å². The van der Waals surface area contributed by atoms with Crippen molar-refractivity contribution in [1.82, 2.24) is 5.32 Å². The molecule has 0 aromatic rings. The highest BCUT2D eigenvalue weighted by atomic mass is 16.6. The van der Waals surface area contributed by atoms with Crippen LogP contribution in [-0.2, 0) is 19.2 Å². The molecule has 4 aliphatic carbocycles. The SMILES string of the molecule is CC(=O)[C@H]1CC[C@H]2[C@@H]3CCC4=C/C(=N\OCC(=O)N[C@@H](CO)C(=O)O)CC[C@]4(C)[C@H]3CC[C@]12C. The molecule has 7 atom stereocenters. The van der Waals surface area contributed by atoms with Gasteiger partial charge in [-0.1, -0.05) is 24.6 Å². The van der Waals surface area contributed by atoms with Crippen molar-refractivity contribution in [3.63, 3.8) is 0 Å². The maximum atomic E-state index is 12.3. The van der Waals surface area contributed by atoms with Crippen LogP contribution in [0.1, 0.15) is 72.1 Å². The van der Waals surface area contributed by atoms with Crippen molar-refractivity contribution >= 4 is 23.4 Å². The number of oxime groups is 1. The fourth-order valence-electron chi connectivity index (χ4n) is 7.91. The Labute approximate surface area is 201 Å². The lowest BCUT2D eigenvalue weighted by Gasteiger charge is -2.58. The number of carboxylic acids is 1. The number of carbonyl (C=O) groups excluding carboxylic acids is 2. The Morgan fingerprint density at radius 2 is 1.91 bits per heavy atom. The van der Waals surface area contributed by atoms with E-state index in [0.717, 1.165) is 44.2 Å². The first kappa shape index (κ1) is 24.9. The minimum Gasteiger partial charge on any atom is -0.480 e. The maximum absolute atomic E-state index is 12.3. The summed E-state index contributed by atoms with van der Waals surface area (Å²) in [6, 6.07) is -1.35. The number of Topliss-reactive ketones (excluding diaryl/α,β-unsaturated/α-hetero) is 1. The van der Waals surface area contributed by atoms with E-state index in [1.807, 2.05) is 0 Å². The van der Waals surface area contributed by atoms with Gasteiger partial charge in [0.2, 0.25) is 0 Å². The van der Waals surface area contributed by atoms with Crippen molar-refractivity contribution in [2.24, 2.45) is 39.7 Å². The van der Waals surface area contributed by atoms with E-state index in [1.54, 1.807) is 6.92 Å². The number of hydrogen-bond donors (Lipinski definition) is 3. The van der Waals surface area contributed by atoms with Gasteiger partial charge in [-0.15, -0.1) is 0 Å². The third-order valence-corrected chi connectivity index (χ3v) is 9.66. The number of allylic oxidation sites excluding steroid dienone is 2. The molecule has 0 saturated heterocycles. The van der Waals surface area contributed by atoms with Crippen molar-refractivity contribution in [1.29, 1.82) is 0 Å². The molecule has 1 amide bonds. The monoisotopic (exact) mass is 474 g/mol. The van der Waals surface area contributed by atoms with Crippen molar-refractivity contribution in [2.45, 2.75) is 78.2 Å². The number of rotatable bonds is 7. The second-order valence-corrected chi connectivity index (χ2v) is 11.3. The first-order chi connectivity index (χ1) is 16.1. The molecule has 0 radical (unpaired) electrons. The number of aliphatic hydroxyl groups is 1. The van der Waals surface area contributed by atoms with E-state index in [0.29, 0.717) is 23.5 Å². The molecule has 3 N–H and O–H groups in total. The van der Waals surface area contributed by atoms with Crippen LogP contribution in [0.3, 0.4) is 0 Å². The third kappa shape index (κ3) is 4.30. The largest absolute Gasteiger partial charge is 0.480 e. The third-order valence-electron chi connectivity index (χ3n) is 9.66. The number of hydrogen-bond acceptors (Lipinski definition) is 6. The fourth-order valence-corrected chi connectivity index (χ4v) is 7.91. The first-order valence-corrected chi connectivity index (χ1v) is 12.6.